The number of H-pyrrole nitrogens is 1. The SMILES string of the molecule is O=C(O)Cc1c(-c2ccc(C(F)(F)F)cc2)[nH]c2cc(Cl)cc(Cl)c12. The fourth-order valence-corrected chi connectivity index (χ4v) is 3.32. The Balaban J connectivity index is 2.21. The highest BCUT2D eigenvalue weighted by Crippen LogP contribution is 2.38. The van der Waals surface area contributed by atoms with Gasteiger partial charge >= 0.3 is 12.1 Å². The summed E-state index contributed by atoms with van der Waals surface area (Å²) in [6.07, 6.45) is -4.78. The minimum atomic E-state index is -4.44. The predicted octanol–water partition coefficient (Wildman–Crippen LogP) is 5.79. The summed E-state index contributed by atoms with van der Waals surface area (Å²) in [6, 6.07) is 7.53. The predicted molar refractivity (Wildman–Crippen MR) is 90.1 cm³/mol. The summed E-state index contributed by atoms with van der Waals surface area (Å²) in [5.74, 6) is -1.08. The van der Waals surface area contributed by atoms with Gasteiger partial charge in [-0.25, -0.2) is 0 Å². The molecule has 3 rings (SSSR count). The molecule has 2 N–H and O–H groups in total. The summed E-state index contributed by atoms with van der Waals surface area (Å²) < 4.78 is 38.2. The van der Waals surface area contributed by atoms with Crippen LogP contribution >= 0.6 is 23.2 Å². The van der Waals surface area contributed by atoms with Crippen molar-refractivity contribution in [1.82, 2.24) is 4.98 Å². The molecule has 3 aromatic rings. The Morgan fingerprint density at radius 3 is 2.32 bits per heavy atom. The van der Waals surface area contributed by atoms with Crippen LogP contribution in [0.15, 0.2) is 36.4 Å². The Labute approximate surface area is 150 Å². The molecule has 0 bridgehead atoms. The molecular formula is C17H10Cl2F3NO2. The van der Waals surface area contributed by atoms with Crippen LogP contribution in [0.1, 0.15) is 11.1 Å². The maximum absolute atomic E-state index is 12.7. The largest absolute Gasteiger partial charge is 0.481 e. The number of fused-ring (bicyclic) bond motifs is 1. The molecule has 0 radical (unpaired) electrons. The maximum Gasteiger partial charge on any atom is 0.416 e. The van der Waals surface area contributed by atoms with Crippen LogP contribution in [0.5, 0.6) is 0 Å². The number of carboxylic acid groups (broad SMARTS) is 1. The molecule has 0 aliphatic heterocycles. The Bertz CT molecular complexity index is 963. The van der Waals surface area contributed by atoms with E-state index in [9.17, 15) is 23.1 Å². The lowest BCUT2D eigenvalue weighted by Crippen LogP contribution is -2.04. The van der Waals surface area contributed by atoms with Crippen LogP contribution < -0.4 is 0 Å². The Kier molecular flexibility index (Phi) is 4.43. The van der Waals surface area contributed by atoms with Crippen molar-refractivity contribution < 1.29 is 23.1 Å². The van der Waals surface area contributed by atoms with E-state index in [0.717, 1.165) is 12.1 Å². The number of carbonyl (C=O) groups is 1. The van der Waals surface area contributed by atoms with Gasteiger partial charge in [-0.15, -0.1) is 0 Å². The highest BCUT2D eigenvalue weighted by atomic mass is 35.5. The second-order valence-electron chi connectivity index (χ2n) is 5.43. The molecule has 0 unspecified atom stereocenters. The van der Waals surface area contributed by atoms with Crippen molar-refractivity contribution in [3.05, 3.63) is 57.6 Å². The highest BCUT2D eigenvalue weighted by Gasteiger charge is 2.30. The number of benzene rings is 2. The van der Waals surface area contributed by atoms with E-state index in [1.54, 1.807) is 6.07 Å². The first-order chi connectivity index (χ1) is 11.7. The molecule has 0 saturated heterocycles. The van der Waals surface area contributed by atoms with E-state index >= 15 is 0 Å². The molecule has 0 atom stereocenters. The van der Waals surface area contributed by atoms with E-state index in [0.29, 0.717) is 32.7 Å². The fraction of sp³-hybridized carbons (Fsp3) is 0.118. The molecule has 2 aromatic carbocycles. The second kappa shape index (κ2) is 6.28. The molecule has 0 saturated carbocycles. The summed E-state index contributed by atoms with van der Waals surface area (Å²) in [4.78, 5) is 14.2. The zero-order chi connectivity index (χ0) is 18.4. The Morgan fingerprint density at radius 1 is 1.12 bits per heavy atom. The molecule has 1 heterocycles. The van der Waals surface area contributed by atoms with Gasteiger partial charge in [-0.1, -0.05) is 35.3 Å². The molecule has 0 amide bonds. The van der Waals surface area contributed by atoms with Gasteiger partial charge in [0.05, 0.1) is 22.7 Å². The van der Waals surface area contributed by atoms with Crippen LogP contribution in [0, 0.1) is 0 Å². The summed E-state index contributed by atoms with van der Waals surface area (Å²) in [5.41, 5.74) is 0.948. The van der Waals surface area contributed by atoms with Gasteiger partial charge in [-0.2, -0.15) is 13.2 Å². The van der Waals surface area contributed by atoms with Crippen molar-refractivity contribution in [2.75, 3.05) is 0 Å². The van der Waals surface area contributed by atoms with Crippen molar-refractivity contribution in [3.63, 3.8) is 0 Å². The Morgan fingerprint density at radius 2 is 1.76 bits per heavy atom. The van der Waals surface area contributed by atoms with E-state index in [-0.39, 0.29) is 11.4 Å². The number of halogens is 5. The Hall–Kier alpha value is -2.18. The number of nitrogens with one attached hydrogen (secondary N) is 1. The van der Waals surface area contributed by atoms with Crippen molar-refractivity contribution in [2.24, 2.45) is 0 Å². The number of aliphatic carboxylic acids is 1. The van der Waals surface area contributed by atoms with Crippen LogP contribution in [0.2, 0.25) is 10.0 Å². The van der Waals surface area contributed by atoms with Gasteiger partial charge in [0.25, 0.3) is 0 Å². The molecule has 1 aromatic heterocycles. The average molecular weight is 388 g/mol. The normalized spacial score (nSPS) is 11.9. The molecule has 25 heavy (non-hydrogen) atoms. The van der Waals surface area contributed by atoms with Crippen molar-refractivity contribution in [2.45, 2.75) is 12.6 Å². The number of rotatable bonds is 3. The smallest absolute Gasteiger partial charge is 0.416 e. The van der Waals surface area contributed by atoms with Gasteiger partial charge in [0, 0.05) is 15.9 Å². The first kappa shape index (κ1) is 17.6. The lowest BCUT2D eigenvalue weighted by Gasteiger charge is -2.08. The van der Waals surface area contributed by atoms with E-state index in [1.165, 1.54) is 18.2 Å². The third-order valence-electron chi connectivity index (χ3n) is 3.75. The third kappa shape index (κ3) is 3.45. The summed E-state index contributed by atoms with van der Waals surface area (Å²) >= 11 is 12.2. The first-order valence-corrected chi connectivity index (χ1v) is 7.81. The van der Waals surface area contributed by atoms with Crippen molar-refractivity contribution in [3.8, 4) is 11.3 Å². The third-order valence-corrected chi connectivity index (χ3v) is 4.26. The maximum atomic E-state index is 12.7. The number of aromatic nitrogens is 1. The zero-order valence-electron chi connectivity index (χ0n) is 12.4. The fourth-order valence-electron chi connectivity index (χ4n) is 2.71. The zero-order valence-corrected chi connectivity index (χ0v) is 13.9. The topological polar surface area (TPSA) is 53.1 Å². The van der Waals surface area contributed by atoms with E-state index in [2.05, 4.69) is 4.98 Å². The highest BCUT2D eigenvalue weighted by molar-refractivity contribution is 6.39. The minimum Gasteiger partial charge on any atom is -0.481 e. The van der Waals surface area contributed by atoms with Crippen LogP contribution in [0.25, 0.3) is 22.2 Å². The van der Waals surface area contributed by atoms with Gasteiger partial charge in [-0.3, -0.25) is 4.79 Å². The number of hydrogen-bond acceptors (Lipinski definition) is 1. The van der Waals surface area contributed by atoms with E-state index < -0.39 is 17.7 Å². The number of carboxylic acids is 1. The summed E-state index contributed by atoms with van der Waals surface area (Å²) in [7, 11) is 0. The quantitative estimate of drug-likeness (QED) is 0.597. The van der Waals surface area contributed by atoms with Gasteiger partial charge in [0.1, 0.15) is 0 Å². The van der Waals surface area contributed by atoms with Gasteiger partial charge in [0.15, 0.2) is 0 Å². The number of aromatic amines is 1. The second-order valence-corrected chi connectivity index (χ2v) is 6.28. The van der Waals surface area contributed by atoms with Gasteiger partial charge in [0.2, 0.25) is 0 Å². The summed E-state index contributed by atoms with van der Waals surface area (Å²) in [5, 5.41) is 10.3. The van der Waals surface area contributed by atoms with Crippen LogP contribution in [0.3, 0.4) is 0 Å². The van der Waals surface area contributed by atoms with E-state index in [4.69, 9.17) is 23.2 Å². The number of hydrogen-bond donors (Lipinski definition) is 2. The molecule has 0 aliphatic carbocycles. The number of alkyl halides is 3. The van der Waals surface area contributed by atoms with Crippen LogP contribution in [-0.2, 0) is 17.4 Å². The molecule has 8 heteroatoms. The first-order valence-electron chi connectivity index (χ1n) is 7.06. The molecular weight excluding hydrogens is 378 g/mol. The van der Waals surface area contributed by atoms with Crippen molar-refractivity contribution in [1.29, 1.82) is 0 Å². The molecule has 0 aliphatic rings. The van der Waals surface area contributed by atoms with Gasteiger partial charge < -0.3 is 10.1 Å². The monoisotopic (exact) mass is 387 g/mol. The molecule has 0 fully saturated rings. The molecule has 0 spiro atoms. The lowest BCUT2D eigenvalue weighted by molar-refractivity contribution is -0.138. The average Bonchev–Trinajstić information content (AvgIpc) is 2.84. The van der Waals surface area contributed by atoms with E-state index in [1.807, 2.05) is 0 Å². The van der Waals surface area contributed by atoms with Crippen molar-refractivity contribution >= 4 is 40.1 Å². The van der Waals surface area contributed by atoms with Crippen LogP contribution in [-0.4, -0.2) is 16.1 Å². The van der Waals surface area contributed by atoms with Gasteiger partial charge in [-0.05, 0) is 35.4 Å². The summed E-state index contributed by atoms with van der Waals surface area (Å²) in [6.45, 7) is 0. The van der Waals surface area contributed by atoms with Crippen LogP contribution in [0.4, 0.5) is 13.2 Å². The standard InChI is InChI=1S/C17H10Cl2F3NO2/c18-10-5-12(19)15-11(7-14(24)25)16(23-13(15)6-10)8-1-3-9(4-2-8)17(20,21)22/h1-6,23H,7H2,(H,24,25). The molecule has 130 valence electrons. The molecule has 3 nitrogen and oxygen atoms in total. The minimum absolute atomic E-state index is 0.271. The lowest BCUT2D eigenvalue weighted by atomic mass is 10.0.